The Hall–Kier alpha value is -3.55. The van der Waals surface area contributed by atoms with Crippen LogP contribution in [0.5, 0.6) is 17.2 Å². The summed E-state index contributed by atoms with van der Waals surface area (Å²) in [6.45, 7) is 9.02. The molecule has 1 amide bonds. The van der Waals surface area contributed by atoms with E-state index in [1.54, 1.807) is 21.1 Å². The van der Waals surface area contributed by atoms with Gasteiger partial charge in [0, 0.05) is 76.3 Å². The van der Waals surface area contributed by atoms with Gasteiger partial charge in [0.25, 0.3) is 0 Å². The van der Waals surface area contributed by atoms with E-state index in [2.05, 4.69) is 70.5 Å². The summed E-state index contributed by atoms with van der Waals surface area (Å²) in [7, 11) is 3.35. The molecule has 0 aliphatic carbocycles. The van der Waals surface area contributed by atoms with Crippen LogP contribution in [-0.2, 0) is 11.3 Å². The number of amides is 1. The lowest BCUT2D eigenvalue weighted by Gasteiger charge is -2.53. The Morgan fingerprint density at radius 1 is 0.875 bits per heavy atom. The molecule has 0 spiro atoms. The highest BCUT2D eigenvalue weighted by Crippen LogP contribution is 2.39. The number of hydrogen-bond donors (Lipinski definition) is 0. The van der Waals surface area contributed by atoms with Gasteiger partial charge < -0.3 is 19.1 Å². The third-order valence-corrected chi connectivity index (χ3v) is 8.29. The molecule has 2 fully saturated rings. The van der Waals surface area contributed by atoms with Gasteiger partial charge in [0.2, 0.25) is 5.91 Å². The van der Waals surface area contributed by atoms with Gasteiger partial charge in [-0.1, -0.05) is 60.7 Å². The second kappa shape index (κ2) is 12.7. The van der Waals surface area contributed by atoms with Gasteiger partial charge in [0.15, 0.2) is 0 Å². The van der Waals surface area contributed by atoms with E-state index in [1.165, 1.54) is 11.1 Å². The van der Waals surface area contributed by atoms with Crippen molar-refractivity contribution in [3.8, 4) is 17.2 Å². The molecular formula is C33H41N3O4. The van der Waals surface area contributed by atoms with Crippen LogP contribution in [0.1, 0.15) is 36.5 Å². The highest BCUT2D eigenvalue weighted by atomic mass is 16.5. The fourth-order valence-electron chi connectivity index (χ4n) is 6.44. The smallest absolute Gasteiger partial charge is 0.219 e. The SMILES string of the molecule is CCOc1cc(OC)cc(OC)c1CN1C[C@@H]2CN(C(C)=O)CCN2[C@H](C(c2ccccc2)c2ccccc2)C1. The molecule has 3 aromatic carbocycles. The molecule has 0 unspecified atom stereocenters. The van der Waals surface area contributed by atoms with Crippen LogP contribution < -0.4 is 14.2 Å². The number of nitrogens with zero attached hydrogens (tertiary/aromatic N) is 3. The molecule has 2 atom stereocenters. The molecular weight excluding hydrogens is 502 g/mol. The third kappa shape index (κ3) is 5.96. The minimum Gasteiger partial charge on any atom is -0.496 e. The topological polar surface area (TPSA) is 54.5 Å². The van der Waals surface area contributed by atoms with Crippen LogP contribution in [0.4, 0.5) is 0 Å². The van der Waals surface area contributed by atoms with Gasteiger partial charge in [-0.2, -0.15) is 0 Å². The molecule has 0 N–H and O–H groups in total. The number of fused-ring (bicyclic) bond motifs is 1. The Bertz CT molecular complexity index is 1230. The zero-order chi connectivity index (χ0) is 28.1. The predicted octanol–water partition coefficient (Wildman–Crippen LogP) is 4.65. The van der Waals surface area contributed by atoms with Gasteiger partial charge in [0.1, 0.15) is 17.2 Å². The number of hydrogen-bond acceptors (Lipinski definition) is 6. The number of methoxy groups -OCH3 is 2. The number of piperazine rings is 2. The summed E-state index contributed by atoms with van der Waals surface area (Å²) in [6.07, 6.45) is 0. The van der Waals surface area contributed by atoms with Gasteiger partial charge in [-0.15, -0.1) is 0 Å². The summed E-state index contributed by atoms with van der Waals surface area (Å²) >= 11 is 0. The van der Waals surface area contributed by atoms with Crippen LogP contribution in [0.2, 0.25) is 0 Å². The lowest BCUT2D eigenvalue weighted by molar-refractivity contribution is -0.134. The summed E-state index contributed by atoms with van der Waals surface area (Å²) in [5.74, 6) is 2.60. The minimum absolute atomic E-state index is 0.145. The Balaban J connectivity index is 1.54. The first-order valence-corrected chi connectivity index (χ1v) is 14.2. The fraction of sp³-hybridized carbons (Fsp3) is 0.424. The zero-order valence-corrected chi connectivity index (χ0v) is 24.1. The summed E-state index contributed by atoms with van der Waals surface area (Å²) in [4.78, 5) is 19.6. The highest BCUT2D eigenvalue weighted by molar-refractivity contribution is 5.73. The molecule has 212 valence electrons. The molecule has 2 heterocycles. The number of ether oxygens (including phenoxy) is 3. The molecule has 7 nitrogen and oxygen atoms in total. The second-order valence-electron chi connectivity index (χ2n) is 10.7. The first kappa shape index (κ1) is 28.0. The van der Waals surface area contributed by atoms with E-state index in [-0.39, 0.29) is 23.9 Å². The Labute approximate surface area is 238 Å². The van der Waals surface area contributed by atoms with Crippen molar-refractivity contribution in [2.75, 3.05) is 53.6 Å². The van der Waals surface area contributed by atoms with Crippen LogP contribution in [0.15, 0.2) is 72.8 Å². The summed E-state index contributed by atoms with van der Waals surface area (Å²) in [5.41, 5.74) is 3.64. The van der Waals surface area contributed by atoms with E-state index >= 15 is 0 Å². The van der Waals surface area contributed by atoms with Crippen molar-refractivity contribution in [3.63, 3.8) is 0 Å². The van der Waals surface area contributed by atoms with Crippen molar-refractivity contribution in [3.05, 3.63) is 89.5 Å². The van der Waals surface area contributed by atoms with Gasteiger partial charge >= 0.3 is 0 Å². The van der Waals surface area contributed by atoms with Crippen molar-refractivity contribution in [1.29, 1.82) is 0 Å². The Kier molecular flexibility index (Phi) is 8.92. The Morgan fingerprint density at radius 3 is 2.10 bits per heavy atom. The van der Waals surface area contributed by atoms with Gasteiger partial charge in [-0.05, 0) is 18.1 Å². The van der Waals surface area contributed by atoms with Gasteiger partial charge in [0.05, 0.1) is 26.4 Å². The van der Waals surface area contributed by atoms with Crippen molar-refractivity contribution >= 4 is 5.91 Å². The quantitative estimate of drug-likeness (QED) is 0.392. The number of carbonyl (C=O) groups excluding carboxylic acids is 1. The first-order chi connectivity index (χ1) is 19.5. The van der Waals surface area contributed by atoms with E-state index in [1.807, 2.05) is 24.0 Å². The number of carbonyl (C=O) groups is 1. The largest absolute Gasteiger partial charge is 0.496 e. The van der Waals surface area contributed by atoms with Crippen LogP contribution in [0.25, 0.3) is 0 Å². The fourth-order valence-corrected chi connectivity index (χ4v) is 6.44. The van der Waals surface area contributed by atoms with Gasteiger partial charge in [-0.25, -0.2) is 0 Å². The lowest BCUT2D eigenvalue weighted by atomic mass is 9.81. The normalized spacial score (nSPS) is 19.8. The summed E-state index contributed by atoms with van der Waals surface area (Å²) in [5, 5.41) is 0. The summed E-state index contributed by atoms with van der Waals surface area (Å²) < 4.78 is 17.4. The van der Waals surface area contributed by atoms with Crippen LogP contribution in [-0.4, -0.2) is 86.2 Å². The maximum atomic E-state index is 12.4. The monoisotopic (exact) mass is 543 g/mol. The van der Waals surface area contributed by atoms with E-state index in [0.29, 0.717) is 18.9 Å². The maximum Gasteiger partial charge on any atom is 0.219 e. The first-order valence-electron chi connectivity index (χ1n) is 14.2. The zero-order valence-electron chi connectivity index (χ0n) is 24.1. The molecule has 40 heavy (non-hydrogen) atoms. The van der Waals surface area contributed by atoms with E-state index in [9.17, 15) is 4.79 Å². The van der Waals surface area contributed by atoms with Crippen LogP contribution in [0, 0.1) is 0 Å². The number of benzene rings is 3. The van der Waals surface area contributed by atoms with Crippen LogP contribution in [0.3, 0.4) is 0 Å². The summed E-state index contributed by atoms with van der Waals surface area (Å²) in [6, 6.07) is 26.0. The molecule has 7 heteroatoms. The van der Waals surface area contributed by atoms with E-state index in [0.717, 1.165) is 49.8 Å². The minimum atomic E-state index is 0.145. The highest BCUT2D eigenvalue weighted by Gasteiger charge is 2.43. The third-order valence-electron chi connectivity index (χ3n) is 8.29. The van der Waals surface area contributed by atoms with E-state index in [4.69, 9.17) is 14.2 Å². The molecule has 0 saturated carbocycles. The van der Waals surface area contributed by atoms with Crippen LogP contribution >= 0.6 is 0 Å². The molecule has 0 radical (unpaired) electrons. The van der Waals surface area contributed by atoms with Crippen molar-refractivity contribution in [2.24, 2.45) is 0 Å². The molecule has 0 bridgehead atoms. The average molecular weight is 544 g/mol. The van der Waals surface area contributed by atoms with Crippen molar-refractivity contribution in [1.82, 2.24) is 14.7 Å². The van der Waals surface area contributed by atoms with Crippen molar-refractivity contribution in [2.45, 2.75) is 38.4 Å². The molecule has 5 rings (SSSR count). The van der Waals surface area contributed by atoms with Crippen molar-refractivity contribution < 1.29 is 19.0 Å². The average Bonchev–Trinajstić information content (AvgIpc) is 2.99. The Morgan fingerprint density at radius 2 is 1.52 bits per heavy atom. The second-order valence-corrected chi connectivity index (χ2v) is 10.7. The van der Waals surface area contributed by atoms with E-state index < -0.39 is 0 Å². The van der Waals surface area contributed by atoms with Gasteiger partial charge in [-0.3, -0.25) is 14.6 Å². The number of rotatable bonds is 9. The maximum absolute atomic E-state index is 12.4. The molecule has 2 saturated heterocycles. The lowest BCUT2D eigenvalue weighted by Crippen LogP contribution is -2.67. The molecule has 2 aliphatic heterocycles. The predicted molar refractivity (Wildman–Crippen MR) is 157 cm³/mol. The molecule has 0 aromatic heterocycles. The molecule has 3 aromatic rings. The standard InChI is InChI=1S/C33H41N3O4/c1-5-40-32-19-28(38-3)18-31(39-4)29(32)22-34-20-27-21-35(24(2)37)16-17-36(27)30(23-34)33(25-12-8-6-9-13-25)26-14-10-7-11-15-26/h6-15,18-19,27,30,33H,5,16-17,20-23H2,1-4H3/t27-,30+/m1/s1. The molecule has 2 aliphatic rings.